The molecule has 1 amide bonds. The number of hydrogen-bond acceptors (Lipinski definition) is 3. The first-order valence-corrected chi connectivity index (χ1v) is 8.77. The second-order valence-corrected chi connectivity index (χ2v) is 6.51. The molecule has 1 N–H and O–H groups in total. The Balaban J connectivity index is 1.63. The maximum Gasteiger partial charge on any atom is 0.257 e. The molecule has 0 bridgehead atoms. The average Bonchev–Trinajstić information content (AvgIpc) is 2.60. The Bertz CT molecular complexity index is 662. The molecule has 4 nitrogen and oxygen atoms in total. The van der Waals surface area contributed by atoms with Crippen LogP contribution in [0.2, 0.25) is 0 Å². The van der Waals surface area contributed by atoms with Crippen LogP contribution in [0.25, 0.3) is 0 Å². The lowest BCUT2D eigenvalue weighted by molar-refractivity contribution is -0.123. The number of carbonyl (C=O) groups is 1. The second-order valence-electron chi connectivity index (χ2n) is 5.66. The third-order valence-corrected chi connectivity index (χ3v) is 4.58. The third kappa shape index (κ3) is 5.89. The molecule has 0 aromatic heterocycles. The first kappa shape index (κ1) is 18.3. The van der Waals surface area contributed by atoms with Crippen molar-refractivity contribution >= 4 is 27.5 Å². The molecule has 5 heteroatoms. The number of carbonyl (C=O) groups excluding carboxylic acids is 1. The van der Waals surface area contributed by atoms with E-state index >= 15 is 0 Å². The lowest BCUT2D eigenvalue weighted by atomic mass is 10.2. The molecule has 0 aliphatic carbocycles. The molecule has 0 heterocycles. The smallest absolute Gasteiger partial charge is 0.257 e. The van der Waals surface area contributed by atoms with Crippen molar-refractivity contribution < 1.29 is 9.53 Å². The topological polar surface area (TPSA) is 41.6 Å². The van der Waals surface area contributed by atoms with Crippen molar-refractivity contribution in [3.8, 4) is 5.75 Å². The van der Waals surface area contributed by atoms with E-state index in [1.807, 2.05) is 43.3 Å². The van der Waals surface area contributed by atoms with Gasteiger partial charge in [-0.2, -0.15) is 0 Å². The predicted octanol–water partition coefficient (Wildman–Crippen LogP) is 3.78. The summed E-state index contributed by atoms with van der Waals surface area (Å²) in [5.41, 5.74) is 2.26. The number of amides is 1. The van der Waals surface area contributed by atoms with Crippen LogP contribution in [0.4, 0.5) is 5.69 Å². The molecule has 24 heavy (non-hydrogen) atoms. The van der Waals surface area contributed by atoms with Crippen LogP contribution in [-0.2, 0) is 4.79 Å². The Kier molecular flexibility index (Phi) is 7.12. The molecule has 0 aliphatic heterocycles. The van der Waals surface area contributed by atoms with Crippen LogP contribution in [0.1, 0.15) is 12.0 Å². The van der Waals surface area contributed by atoms with Crippen LogP contribution < -0.4 is 15.0 Å². The monoisotopic (exact) mass is 390 g/mol. The molecule has 0 fully saturated rings. The number of anilines is 1. The third-order valence-electron chi connectivity index (χ3n) is 3.69. The van der Waals surface area contributed by atoms with E-state index in [-0.39, 0.29) is 12.5 Å². The number of nitrogens with zero attached hydrogens (tertiary/aromatic N) is 1. The summed E-state index contributed by atoms with van der Waals surface area (Å²) >= 11 is 3.44. The molecule has 128 valence electrons. The number of rotatable bonds is 8. The molecule has 2 rings (SSSR count). The molecular weight excluding hydrogens is 368 g/mol. The fourth-order valence-electron chi connectivity index (χ4n) is 2.26. The summed E-state index contributed by atoms with van der Waals surface area (Å²) in [6.07, 6.45) is 0.883. The van der Waals surface area contributed by atoms with Gasteiger partial charge in [-0.15, -0.1) is 0 Å². The second kappa shape index (κ2) is 9.33. The SMILES string of the molecule is Cc1cc(OCC(=O)NCCCN(C)c2ccccc2)ccc1Br. The van der Waals surface area contributed by atoms with Gasteiger partial charge in [-0.25, -0.2) is 0 Å². The van der Waals surface area contributed by atoms with Gasteiger partial charge in [0.15, 0.2) is 6.61 Å². The number of benzene rings is 2. The number of para-hydroxylation sites is 1. The zero-order chi connectivity index (χ0) is 17.4. The van der Waals surface area contributed by atoms with Gasteiger partial charge in [0.05, 0.1) is 0 Å². The predicted molar refractivity (Wildman–Crippen MR) is 102 cm³/mol. The lowest BCUT2D eigenvalue weighted by Gasteiger charge is -2.19. The van der Waals surface area contributed by atoms with Crippen LogP contribution in [0.3, 0.4) is 0 Å². The zero-order valence-corrected chi connectivity index (χ0v) is 15.7. The van der Waals surface area contributed by atoms with Gasteiger partial charge in [-0.3, -0.25) is 4.79 Å². The highest BCUT2D eigenvalue weighted by molar-refractivity contribution is 9.10. The highest BCUT2D eigenvalue weighted by atomic mass is 79.9. The van der Waals surface area contributed by atoms with Crippen molar-refractivity contribution in [3.05, 3.63) is 58.6 Å². The Morgan fingerprint density at radius 3 is 2.67 bits per heavy atom. The standard InChI is InChI=1S/C19H23BrN2O2/c1-15-13-17(9-10-18(15)20)24-14-19(23)21-11-6-12-22(2)16-7-4-3-5-8-16/h3-5,7-10,13H,6,11-12,14H2,1-2H3,(H,21,23). The fraction of sp³-hybridized carbons (Fsp3) is 0.316. The molecule has 2 aromatic carbocycles. The summed E-state index contributed by atoms with van der Waals surface area (Å²) in [5, 5.41) is 2.89. The molecule has 0 unspecified atom stereocenters. The Morgan fingerprint density at radius 1 is 1.21 bits per heavy atom. The molecule has 0 aliphatic rings. The average molecular weight is 391 g/mol. The Morgan fingerprint density at radius 2 is 1.96 bits per heavy atom. The minimum atomic E-state index is -0.0991. The van der Waals surface area contributed by atoms with Crippen LogP contribution in [0.15, 0.2) is 53.0 Å². The summed E-state index contributed by atoms with van der Waals surface area (Å²) in [7, 11) is 2.05. The van der Waals surface area contributed by atoms with E-state index in [2.05, 4.69) is 45.3 Å². The van der Waals surface area contributed by atoms with E-state index in [4.69, 9.17) is 4.74 Å². The normalized spacial score (nSPS) is 10.3. The Hall–Kier alpha value is -2.01. The molecule has 2 aromatic rings. The molecular formula is C19H23BrN2O2. The summed E-state index contributed by atoms with van der Waals surface area (Å²) in [6, 6.07) is 15.9. The minimum absolute atomic E-state index is 0.0373. The van der Waals surface area contributed by atoms with Crippen molar-refractivity contribution in [2.24, 2.45) is 0 Å². The van der Waals surface area contributed by atoms with Crippen molar-refractivity contribution in [2.75, 3.05) is 31.6 Å². The van der Waals surface area contributed by atoms with E-state index < -0.39 is 0 Å². The molecule has 0 radical (unpaired) electrons. The maximum absolute atomic E-state index is 11.8. The molecule has 0 saturated carbocycles. The van der Waals surface area contributed by atoms with Gasteiger partial charge in [0.1, 0.15) is 5.75 Å². The first-order chi connectivity index (χ1) is 11.6. The molecule has 0 atom stereocenters. The van der Waals surface area contributed by atoms with Gasteiger partial charge < -0.3 is 15.0 Å². The van der Waals surface area contributed by atoms with Gasteiger partial charge >= 0.3 is 0 Å². The van der Waals surface area contributed by atoms with E-state index in [9.17, 15) is 4.79 Å². The number of hydrogen-bond donors (Lipinski definition) is 1. The van der Waals surface area contributed by atoms with Gasteiger partial charge in [0.2, 0.25) is 0 Å². The van der Waals surface area contributed by atoms with Crippen molar-refractivity contribution in [2.45, 2.75) is 13.3 Å². The van der Waals surface area contributed by atoms with E-state index in [0.29, 0.717) is 12.3 Å². The summed E-state index contributed by atoms with van der Waals surface area (Å²) in [5.74, 6) is 0.604. The lowest BCUT2D eigenvalue weighted by Crippen LogP contribution is -2.31. The summed E-state index contributed by atoms with van der Waals surface area (Å²) in [4.78, 5) is 14.0. The van der Waals surface area contributed by atoms with Gasteiger partial charge in [0, 0.05) is 30.3 Å². The molecule has 0 saturated heterocycles. The Labute approximate surface area is 151 Å². The minimum Gasteiger partial charge on any atom is -0.484 e. The summed E-state index contributed by atoms with van der Waals surface area (Å²) < 4.78 is 6.54. The highest BCUT2D eigenvalue weighted by Gasteiger charge is 2.04. The van der Waals surface area contributed by atoms with E-state index in [1.54, 1.807) is 0 Å². The number of ether oxygens (including phenoxy) is 1. The first-order valence-electron chi connectivity index (χ1n) is 7.98. The largest absolute Gasteiger partial charge is 0.484 e. The number of halogens is 1. The van der Waals surface area contributed by atoms with Crippen molar-refractivity contribution in [3.63, 3.8) is 0 Å². The summed E-state index contributed by atoms with van der Waals surface area (Å²) in [6.45, 7) is 3.55. The van der Waals surface area contributed by atoms with Crippen LogP contribution >= 0.6 is 15.9 Å². The quantitative estimate of drug-likeness (QED) is 0.697. The van der Waals surface area contributed by atoms with E-state index in [1.165, 1.54) is 5.69 Å². The highest BCUT2D eigenvalue weighted by Crippen LogP contribution is 2.21. The zero-order valence-electron chi connectivity index (χ0n) is 14.1. The van der Waals surface area contributed by atoms with Crippen molar-refractivity contribution in [1.82, 2.24) is 5.32 Å². The van der Waals surface area contributed by atoms with Crippen molar-refractivity contribution in [1.29, 1.82) is 0 Å². The van der Waals surface area contributed by atoms with E-state index in [0.717, 1.165) is 23.0 Å². The number of aryl methyl sites for hydroxylation is 1. The van der Waals surface area contributed by atoms with Crippen LogP contribution in [-0.4, -0.2) is 32.7 Å². The maximum atomic E-state index is 11.8. The number of nitrogens with one attached hydrogen (secondary N) is 1. The van der Waals surface area contributed by atoms with Gasteiger partial charge in [-0.1, -0.05) is 34.1 Å². The van der Waals surface area contributed by atoms with Gasteiger partial charge in [0.25, 0.3) is 5.91 Å². The van der Waals surface area contributed by atoms with Crippen LogP contribution in [0, 0.1) is 6.92 Å². The van der Waals surface area contributed by atoms with Crippen LogP contribution in [0.5, 0.6) is 5.75 Å². The van der Waals surface area contributed by atoms with Gasteiger partial charge in [-0.05, 0) is 49.2 Å². The molecule has 0 spiro atoms. The fourth-order valence-corrected chi connectivity index (χ4v) is 2.51.